The van der Waals surface area contributed by atoms with Gasteiger partial charge in [0.1, 0.15) is 17.7 Å². The molecule has 2 aliphatic rings. The van der Waals surface area contributed by atoms with Crippen LogP contribution in [-0.2, 0) is 0 Å². The summed E-state index contributed by atoms with van der Waals surface area (Å²) in [5.41, 5.74) is -0.272. The van der Waals surface area contributed by atoms with Gasteiger partial charge in [0, 0.05) is 21.8 Å². The monoisotopic (exact) mass is 471 g/mol. The minimum atomic E-state index is -1.82. The second kappa shape index (κ2) is 8.09. The summed E-state index contributed by atoms with van der Waals surface area (Å²) in [5.74, 6) is -2.90. The molecule has 0 aromatic heterocycles. The van der Waals surface area contributed by atoms with Gasteiger partial charge in [-0.3, -0.25) is 4.79 Å². The van der Waals surface area contributed by atoms with Crippen molar-refractivity contribution in [1.82, 2.24) is 0 Å². The smallest absolute Gasteiger partial charge is 0.185 e. The highest BCUT2D eigenvalue weighted by molar-refractivity contribution is 6.31. The maximum atomic E-state index is 15.3. The fourth-order valence-electron chi connectivity index (χ4n) is 5.14. The van der Waals surface area contributed by atoms with E-state index in [0.717, 1.165) is 17.7 Å². The van der Waals surface area contributed by atoms with E-state index in [1.54, 1.807) is 29.2 Å². The molecule has 3 atom stereocenters. The molecule has 34 heavy (non-hydrogen) atoms. The summed E-state index contributed by atoms with van der Waals surface area (Å²) >= 11 is 6.43. The molecule has 0 bridgehead atoms. The molecule has 7 heteroatoms. The van der Waals surface area contributed by atoms with E-state index < -0.39 is 40.8 Å². The largest absolute Gasteiger partial charge is 0.351 e. The van der Waals surface area contributed by atoms with E-state index in [1.807, 2.05) is 12.1 Å². The normalized spacial score (nSPS) is 21.8. The molecule has 2 heterocycles. The third kappa shape index (κ3) is 3.04. The van der Waals surface area contributed by atoms with Crippen molar-refractivity contribution in [2.45, 2.75) is 18.0 Å². The average Bonchev–Trinajstić information content (AvgIpc) is 3.14. The fraction of sp³-hybridized carbons (Fsp3) is 0.148. The Labute approximate surface area is 199 Å². The first kappa shape index (κ1) is 21.8. The Morgan fingerprint density at radius 1 is 0.971 bits per heavy atom. The summed E-state index contributed by atoms with van der Waals surface area (Å²) in [6, 6.07) is 18.6. The zero-order valence-corrected chi connectivity index (χ0v) is 18.4. The van der Waals surface area contributed by atoms with E-state index in [1.165, 1.54) is 30.3 Å². The van der Waals surface area contributed by atoms with Gasteiger partial charge in [-0.25, -0.2) is 8.78 Å². The number of Topliss-reactive ketones (excluding diaryl/α,β-unsaturated/α-hetero) is 1. The summed E-state index contributed by atoms with van der Waals surface area (Å²) in [7, 11) is 0. The second-order valence-electron chi connectivity index (χ2n) is 8.29. The quantitative estimate of drug-likeness (QED) is 0.446. The molecule has 3 aromatic carbocycles. The van der Waals surface area contributed by atoms with Crippen LogP contribution in [0.5, 0.6) is 0 Å². The van der Waals surface area contributed by atoms with Crippen molar-refractivity contribution in [2.75, 3.05) is 4.90 Å². The highest BCUT2D eigenvalue weighted by Crippen LogP contribution is 2.56. The van der Waals surface area contributed by atoms with Gasteiger partial charge in [-0.15, -0.1) is 0 Å². The molecule has 0 saturated carbocycles. The maximum Gasteiger partial charge on any atom is 0.185 e. The number of nitrogens with zero attached hydrogens (tertiary/aromatic N) is 3. The van der Waals surface area contributed by atoms with Crippen LogP contribution in [0.25, 0.3) is 6.08 Å². The Bertz CT molecular complexity index is 1390. The number of fused-ring (bicyclic) bond motifs is 3. The molecule has 1 saturated heterocycles. The summed E-state index contributed by atoms with van der Waals surface area (Å²) in [6.07, 6.45) is 3.50. The average molecular weight is 472 g/mol. The number of carbonyl (C=O) groups is 1. The van der Waals surface area contributed by atoms with Gasteiger partial charge >= 0.3 is 0 Å². The number of nitriles is 2. The van der Waals surface area contributed by atoms with Gasteiger partial charge in [0.05, 0.1) is 24.1 Å². The van der Waals surface area contributed by atoms with E-state index >= 15 is 4.39 Å². The highest BCUT2D eigenvalue weighted by atomic mass is 35.5. The van der Waals surface area contributed by atoms with Crippen molar-refractivity contribution in [3.05, 3.63) is 106 Å². The van der Waals surface area contributed by atoms with Crippen molar-refractivity contribution in [3.63, 3.8) is 0 Å². The molecule has 166 valence electrons. The first-order chi connectivity index (χ1) is 16.4. The molecule has 0 N–H and O–H groups in total. The van der Waals surface area contributed by atoms with E-state index in [2.05, 4.69) is 12.1 Å². The Balaban J connectivity index is 1.83. The zero-order chi connectivity index (χ0) is 24.0. The highest BCUT2D eigenvalue weighted by Gasteiger charge is 2.64. The van der Waals surface area contributed by atoms with Gasteiger partial charge < -0.3 is 4.90 Å². The molecule has 2 aliphatic heterocycles. The molecule has 0 amide bonds. The van der Waals surface area contributed by atoms with Crippen LogP contribution in [0.2, 0.25) is 5.02 Å². The molecule has 0 aliphatic carbocycles. The molecule has 1 fully saturated rings. The maximum absolute atomic E-state index is 15.3. The van der Waals surface area contributed by atoms with Crippen molar-refractivity contribution < 1.29 is 13.6 Å². The lowest BCUT2D eigenvalue weighted by Crippen LogP contribution is -2.44. The van der Waals surface area contributed by atoms with E-state index in [0.29, 0.717) is 5.69 Å². The molecular weight excluding hydrogens is 456 g/mol. The fourth-order valence-corrected chi connectivity index (χ4v) is 5.42. The molecule has 0 unspecified atom stereocenters. The van der Waals surface area contributed by atoms with Crippen LogP contribution in [-0.4, -0.2) is 17.9 Å². The van der Waals surface area contributed by atoms with Gasteiger partial charge in [-0.05, 0) is 48.0 Å². The van der Waals surface area contributed by atoms with Gasteiger partial charge in [0.25, 0.3) is 0 Å². The Morgan fingerprint density at radius 2 is 1.68 bits per heavy atom. The van der Waals surface area contributed by atoms with E-state index in [9.17, 15) is 19.7 Å². The molecule has 4 nitrogen and oxygen atoms in total. The third-order valence-electron chi connectivity index (χ3n) is 6.62. The molecule has 0 spiro atoms. The van der Waals surface area contributed by atoms with Crippen LogP contribution < -0.4 is 4.90 Å². The number of benzene rings is 3. The Kier molecular flexibility index (Phi) is 5.20. The SMILES string of the molecule is N#CC1(C#N)[C@H](c2c(F)cccc2Cl)[C@H](C(=O)c2ccc(F)cc2)N2c3ccccc3C=C[C@H]21. The Hall–Kier alpha value is -4.00. The van der Waals surface area contributed by atoms with Crippen LogP contribution in [0.1, 0.15) is 27.4 Å². The van der Waals surface area contributed by atoms with Crippen LogP contribution in [0.15, 0.2) is 72.8 Å². The number of hydrogen-bond acceptors (Lipinski definition) is 4. The van der Waals surface area contributed by atoms with Crippen LogP contribution in [0, 0.1) is 39.7 Å². The predicted octanol–water partition coefficient (Wildman–Crippen LogP) is 5.90. The topological polar surface area (TPSA) is 67.9 Å². The minimum absolute atomic E-state index is 0.0221. The lowest BCUT2D eigenvalue weighted by Gasteiger charge is -2.35. The van der Waals surface area contributed by atoms with Gasteiger partial charge in [0.2, 0.25) is 0 Å². The number of rotatable bonds is 3. The summed E-state index contributed by atoms with van der Waals surface area (Å²) in [6.45, 7) is 0. The standard InChI is InChI=1S/C27H16ClF2N3O/c28-19-5-3-6-20(30)23(19)24-25(26(34)17-8-11-18(29)12-9-17)33-21-7-2-1-4-16(21)10-13-22(33)27(24,14-31)15-32/h1-13,22,24-25H/t22-,24+,25+/m0/s1. The van der Waals surface area contributed by atoms with Crippen LogP contribution in [0.4, 0.5) is 14.5 Å². The van der Waals surface area contributed by atoms with Crippen molar-refractivity contribution in [2.24, 2.45) is 5.41 Å². The first-order valence-corrected chi connectivity index (χ1v) is 10.9. The number of halogens is 3. The molecule has 3 aromatic rings. The summed E-state index contributed by atoms with van der Waals surface area (Å²) < 4.78 is 28.9. The molecular formula is C27H16ClF2N3O. The Morgan fingerprint density at radius 3 is 2.35 bits per heavy atom. The minimum Gasteiger partial charge on any atom is -0.351 e. The predicted molar refractivity (Wildman–Crippen MR) is 124 cm³/mol. The number of hydrogen-bond donors (Lipinski definition) is 0. The van der Waals surface area contributed by atoms with Gasteiger partial charge in [0.15, 0.2) is 11.2 Å². The van der Waals surface area contributed by atoms with Crippen molar-refractivity contribution in [3.8, 4) is 12.1 Å². The zero-order valence-electron chi connectivity index (χ0n) is 17.6. The third-order valence-corrected chi connectivity index (χ3v) is 6.95. The molecule has 0 radical (unpaired) electrons. The van der Waals surface area contributed by atoms with Crippen molar-refractivity contribution in [1.29, 1.82) is 10.5 Å². The number of anilines is 1. The van der Waals surface area contributed by atoms with Gasteiger partial charge in [-0.2, -0.15) is 10.5 Å². The molecule has 5 rings (SSSR count). The number of ketones is 1. The van der Waals surface area contributed by atoms with Crippen molar-refractivity contribution >= 4 is 29.1 Å². The second-order valence-corrected chi connectivity index (χ2v) is 8.70. The van der Waals surface area contributed by atoms with Crippen LogP contribution in [0.3, 0.4) is 0 Å². The van der Waals surface area contributed by atoms with E-state index in [-0.39, 0.29) is 16.1 Å². The van der Waals surface area contributed by atoms with E-state index in [4.69, 9.17) is 11.6 Å². The first-order valence-electron chi connectivity index (χ1n) is 10.5. The summed E-state index contributed by atoms with van der Waals surface area (Å²) in [5, 5.41) is 20.8. The summed E-state index contributed by atoms with van der Waals surface area (Å²) in [4.78, 5) is 15.7. The lowest BCUT2D eigenvalue weighted by molar-refractivity contribution is 0.0950. The van der Waals surface area contributed by atoms with Gasteiger partial charge in [-0.1, -0.05) is 48.0 Å². The number of carbonyl (C=O) groups excluding carboxylic acids is 1. The van der Waals surface area contributed by atoms with Crippen LogP contribution >= 0.6 is 11.6 Å². The number of para-hydroxylation sites is 1. The lowest BCUT2D eigenvalue weighted by atomic mass is 9.69.